The van der Waals surface area contributed by atoms with Gasteiger partial charge in [0.15, 0.2) is 5.88 Å². The van der Waals surface area contributed by atoms with Gasteiger partial charge in [0.05, 0.1) is 11.2 Å². The molecule has 1 aliphatic heterocycles. The van der Waals surface area contributed by atoms with Crippen LogP contribution in [0.25, 0.3) is 0 Å². The molecule has 1 amide bonds. The summed E-state index contributed by atoms with van der Waals surface area (Å²) in [6.45, 7) is 1.08. The highest BCUT2D eigenvalue weighted by atomic mass is 16.5. The van der Waals surface area contributed by atoms with Crippen molar-refractivity contribution in [2.75, 3.05) is 26.8 Å². The molecule has 7 nitrogen and oxygen atoms in total. The molecule has 0 aromatic carbocycles. The fourth-order valence-electron chi connectivity index (χ4n) is 2.30. The normalized spacial score (nSPS) is 17.7. The van der Waals surface area contributed by atoms with E-state index < -0.39 is 17.1 Å². The summed E-state index contributed by atoms with van der Waals surface area (Å²) in [5.41, 5.74) is -1.43. The van der Waals surface area contributed by atoms with Gasteiger partial charge in [-0.25, -0.2) is 0 Å². The van der Waals surface area contributed by atoms with Crippen LogP contribution in [0.1, 0.15) is 23.2 Å². The number of carbonyl (C=O) groups excluding carboxylic acids is 1. The van der Waals surface area contributed by atoms with Gasteiger partial charge in [-0.05, 0) is 0 Å². The third-order valence-electron chi connectivity index (χ3n) is 3.38. The van der Waals surface area contributed by atoms with E-state index in [2.05, 4.69) is 4.98 Å². The summed E-state index contributed by atoms with van der Waals surface area (Å²) >= 11 is 0. The highest BCUT2D eigenvalue weighted by Crippen LogP contribution is 2.22. The SMILES string of the molecule is CN(CC1(O)CCOCC1)C(=O)c1cc(O)[nH]c(=O)c1. The van der Waals surface area contributed by atoms with Crippen molar-refractivity contribution in [1.29, 1.82) is 0 Å². The van der Waals surface area contributed by atoms with Crippen LogP contribution in [0.3, 0.4) is 0 Å². The van der Waals surface area contributed by atoms with Gasteiger partial charge in [-0.3, -0.25) is 14.6 Å². The lowest BCUT2D eigenvalue weighted by Gasteiger charge is -2.35. The van der Waals surface area contributed by atoms with Crippen molar-refractivity contribution in [3.63, 3.8) is 0 Å². The fourth-order valence-corrected chi connectivity index (χ4v) is 2.30. The Hall–Kier alpha value is -1.86. The number of likely N-dealkylation sites (N-methyl/N-ethyl adjacent to an activating group) is 1. The Kier molecular flexibility index (Phi) is 4.10. The van der Waals surface area contributed by atoms with Crippen LogP contribution in [0.5, 0.6) is 5.88 Å². The number of amides is 1. The highest BCUT2D eigenvalue weighted by molar-refractivity contribution is 5.94. The molecule has 0 radical (unpaired) electrons. The Bertz CT molecular complexity index is 548. The van der Waals surface area contributed by atoms with Crippen LogP contribution in [0.2, 0.25) is 0 Å². The number of rotatable bonds is 3. The third-order valence-corrected chi connectivity index (χ3v) is 3.38. The molecule has 2 heterocycles. The maximum Gasteiger partial charge on any atom is 0.254 e. The van der Waals surface area contributed by atoms with Crippen LogP contribution < -0.4 is 5.56 Å². The summed E-state index contributed by atoms with van der Waals surface area (Å²) in [7, 11) is 1.55. The molecule has 1 saturated heterocycles. The minimum atomic E-state index is -0.966. The van der Waals surface area contributed by atoms with Gasteiger partial charge < -0.3 is 19.8 Å². The van der Waals surface area contributed by atoms with Crippen molar-refractivity contribution in [3.8, 4) is 5.88 Å². The van der Waals surface area contributed by atoms with Gasteiger partial charge in [0.1, 0.15) is 0 Å². The monoisotopic (exact) mass is 282 g/mol. The summed E-state index contributed by atoms with van der Waals surface area (Å²) in [6, 6.07) is 2.31. The predicted molar refractivity (Wildman–Crippen MR) is 70.7 cm³/mol. The van der Waals surface area contributed by atoms with Crippen LogP contribution in [0.15, 0.2) is 16.9 Å². The van der Waals surface area contributed by atoms with Crippen molar-refractivity contribution in [1.82, 2.24) is 9.88 Å². The molecule has 0 bridgehead atoms. The van der Waals surface area contributed by atoms with Crippen molar-refractivity contribution in [2.45, 2.75) is 18.4 Å². The zero-order chi connectivity index (χ0) is 14.8. The summed E-state index contributed by atoms with van der Waals surface area (Å²) in [4.78, 5) is 26.9. The molecular weight excluding hydrogens is 264 g/mol. The topological polar surface area (TPSA) is 103 Å². The molecule has 7 heteroatoms. The molecule has 1 fully saturated rings. The summed E-state index contributed by atoms with van der Waals surface area (Å²) < 4.78 is 5.18. The standard InChI is InChI=1S/C13H18N2O5/c1-15(8-13(19)2-4-20-5-3-13)12(18)9-6-10(16)14-11(17)7-9/h6-7,19H,2-5,8H2,1H3,(H2,14,16,17). The first-order valence-corrected chi connectivity index (χ1v) is 6.39. The van der Waals surface area contributed by atoms with Gasteiger partial charge in [-0.15, -0.1) is 0 Å². The number of pyridine rings is 1. The molecule has 2 rings (SSSR count). The van der Waals surface area contributed by atoms with Crippen molar-refractivity contribution >= 4 is 5.91 Å². The molecular formula is C13H18N2O5. The summed E-state index contributed by atoms with van der Waals surface area (Å²) in [5, 5.41) is 19.7. The Morgan fingerprint density at radius 3 is 2.70 bits per heavy atom. The second kappa shape index (κ2) is 5.64. The number of nitrogens with one attached hydrogen (secondary N) is 1. The number of hydrogen-bond donors (Lipinski definition) is 3. The number of aromatic hydroxyl groups is 1. The fraction of sp³-hybridized carbons (Fsp3) is 0.538. The molecule has 0 spiro atoms. The minimum Gasteiger partial charge on any atom is -0.494 e. The van der Waals surface area contributed by atoms with Gasteiger partial charge >= 0.3 is 0 Å². The maximum atomic E-state index is 12.2. The summed E-state index contributed by atoms with van der Waals surface area (Å²) in [6.07, 6.45) is 0.927. The maximum absolute atomic E-state index is 12.2. The predicted octanol–water partition coefficient (Wildman–Crippen LogP) is -0.306. The van der Waals surface area contributed by atoms with E-state index >= 15 is 0 Å². The zero-order valence-corrected chi connectivity index (χ0v) is 11.3. The number of nitrogens with zero attached hydrogens (tertiary/aromatic N) is 1. The molecule has 1 aromatic rings. The quantitative estimate of drug-likeness (QED) is 0.706. The molecule has 0 saturated carbocycles. The van der Waals surface area contributed by atoms with Gasteiger partial charge in [0.2, 0.25) is 0 Å². The number of aromatic amines is 1. The number of ether oxygens (including phenoxy) is 1. The van der Waals surface area contributed by atoms with E-state index in [-0.39, 0.29) is 18.0 Å². The Labute approximate surface area is 115 Å². The lowest BCUT2D eigenvalue weighted by atomic mass is 9.94. The zero-order valence-electron chi connectivity index (χ0n) is 11.3. The molecule has 3 N–H and O–H groups in total. The smallest absolute Gasteiger partial charge is 0.254 e. The van der Waals surface area contributed by atoms with E-state index in [1.54, 1.807) is 7.05 Å². The van der Waals surface area contributed by atoms with Crippen LogP contribution in [-0.4, -0.2) is 58.4 Å². The highest BCUT2D eigenvalue weighted by Gasteiger charge is 2.32. The van der Waals surface area contributed by atoms with Crippen molar-refractivity contribution < 1.29 is 19.7 Å². The van der Waals surface area contributed by atoms with Crippen molar-refractivity contribution in [2.24, 2.45) is 0 Å². The lowest BCUT2D eigenvalue weighted by Crippen LogP contribution is -2.47. The molecule has 0 aliphatic carbocycles. The van der Waals surface area contributed by atoms with Crippen LogP contribution in [0.4, 0.5) is 0 Å². The molecule has 20 heavy (non-hydrogen) atoms. The number of aliphatic hydroxyl groups is 1. The van der Waals surface area contributed by atoms with E-state index in [0.29, 0.717) is 26.1 Å². The van der Waals surface area contributed by atoms with Gasteiger partial charge in [0, 0.05) is 51.8 Å². The number of carbonyl (C=O) groups is 1. The third kappa shape index (κ3) is 3.37. The average molecular weight is 282 g/mol. The van der Waals surface area contributed by atoms with Crippen LogP contribution >= 0.6 is 0 Å². The van der Waals surface area contributed by atoms with E-state index in [4.69, 9.17) is 4.74 Å². The Morgan fingerprint density at radius 2 is 2.10 bits per heavy atom. The second-order valence-electron chi connectivity index (χ2n) is 5.12. The molecule has 0 atom stereocenters. The Morgan fingerprint density at radius 1 is 1.45 bits per heavy atom. The van der Waals surface area contributed by atoms with Crippen molar-refractivity contribution in [3.05, 3.63) is 28.0 Å². The molecule has 0 unspecified atom stereocenters. The van der Waals surface area contributed by atoms with E-state index in [1.807, 2.05) is 0 Å². The first-order chi connectivity index (χ1) is 9.39. The lowest BCUT2D eigenvalue weighted by molar-refractivity contribution is -0.0734. The van der Waals surface area contributed by atoms with E-state index in [1.165, 1.54) is 11.0 Å². The number of aromatic nitrogens is 1. The first kappa shape index (κ1) is 14.5. The first-order valence-electron chi connectivity index (χ1n) is 6.39. The second-order valence-corrected chi connectivity index (χ2v) is 5.12. The van der Waals surface area contributed by atoms with Crippen LogP contribution in [0, 0.1) is 0 Å². The number of hydrogen-bond acceptors (Lipinski definition) is 5. The number of H-pyrrole nitrogens is 1. The molecule has 1 aliphatic rings. The largest absolute Gasteiger partial charge is 0.494 e. The molecule has 110 valence electrons. The Balaban J connectivity index is 2.10. The van der Waals surface area contributed by atoms with E-state index in [0.717, 1.165) is 6.07 Å². The average Bonchev–Trinajstić information content (AvgIpc) is 2.37. The van der Waals surface area contributed by atoms with Gasteiger partial charge in [0.25, 0.3) is 11.5 Å². The molecule has 1 aromatic heterocycles. The van der Waals surface area contributed by atoms with Gasteiger partial charge in [-0.2, -0.15) is 0 Å². The van der Waals surface area contributed by atoms with Crippen LogP contribution in [-0.2, 0) is 4.74 Å². The van der Waals surface area contributed by atoms with E-state index in [9.17, 15) is 19.8 Å². The van der Waals surface area contributed by atoms with Gasteiger partial charge in [-0.1, -0.05) is 0 Å². The minimum absolute atomic E-state index is 0.0874. The summed E-state index contributed by atoms with van der Waals surface area (Å²) in [5.74, 6) is -0.787.